The van der Waals surface area contributed by atoms with E-state index in [9.17, 15) is 14.0 Å². The highest BCUT2D eigenvalue weighted by Crippen LogP contribution is 2.35. The number of hydrogen-bond acceptors (Lipinski definition) is 4. The van der Waals surface area contributed by atoms with Gasteiger partial charge in [-0.25, -0.2) is 4.39 Å². The van der Waals surface area contributed by atoms with Gasteiger partial charge in [0.25, 0.3) is 11.8 Å². The maximum absolute atomic E-state index is 13.7. The van der Waals surface area contributed by atoms with Crippen LogP contribution in [-0.4, -0.2) is 42.9 Å². The molecule has 1 fully saturated rings. The lowest BCUT2D eigenvalue weighted by atomic mass is 10.1. The lowest BCUT2D eigenvalue weighted by molar-refractivity contribution is -0.110. The molecule has 1 saturated heterocycles. The summed E-state index contributed by atoms with van der Waals surface area (Å²) < 4.78 is 19.6. The normalized spacial score (nSPS) is 16.6. The number of halogens is 2. The molecule has 34 heavy (non-hydrogen) atoms. The Morgan fingerprint density at radius 2 is 1.94 bits per heavy atom. The first kappa shape index (κ1) is 22.4. The molecule has 8 heteroatoms. The minimum Gasteiger partial charge on any atom is -0.457 e. The van der Waals surface area contributed by atoms with Gasteiger partial charge in [-0.15, -0.1) is 0 Å². The first-order chi connectivity index (χ1) is 16.5. The molecule has 2 aliphatic rings. The van der Waals surface area contributed by atoms with Crippen molar-refractivity contribution in [1.29, 1.82) is 0 Å². The van der Waals surface area contributed by atoms with E-state index in [0.29, 0.717) is 51.0 Å². The predicted octanol–water partition coefficient (Wildman–Crippen LogP) is 5.06. The first-order valence-corrected chi connectivity index (χ1v) is 11.6. The molecule has 5 rings (SSSR count). The lowest BCUT2D eigenvalue weighted by Gasteiger charge is -2.14. The summed E-state index contributed by atoms with van der Waals surface area (Å²) in [6, 6.07) is 12.6. The van der Waals surface area contributed by atoms with Crippen molar-refractivity contribution in [2.45, 2.75) is 12.8 Å². The van der Waals surface area contributed by atoms with Crippen LogP contribution >= 0.6 is 11.6 Å². The molecule has 0 atom stereocenters. The second kappa shape index (κ2) is 9.44. The molecule has 0 unspecified atom stereocenters. The summed E-state index contributed by atoms with van der Waals surface area (Å²) in [6.07, 6.45) is 3.99. The van der Waals surface area contributed by atoms with Crippen LogP contribution in [0.3, 0.4) is 0 Å². The Kier molecular flexibility index (Phi) is 6.22. The topological polar surface area (TPSA) is 74.6 Å². The summed E-state index contributed by atoms with van der Waals surface area (Å²) in [5, 5.41) is 6.11. The van der Waals surface area contributed by atoms with Gasteiger partial charge in [-0.2, -0.15) is 0 Å². The Hall–Kier alpha value is -3.42. The maximum atomic E-state index is 13.7. The number of hydrogen-bond donors (Lipinski definition) is 2. The van der Waals surface area contributed by atoms with Crippen molar-refractivity contribution in [1.82, 2.24) is 10.2 Å². The van der Waals surface area contributed by atoms with Crippen molar-refractivity contribution in [3.63, 3.8) is 0 Å². The molecule has 2 amide bonds. The van der Waals surface area contributed by atoms with Gasteiger partial charge in [-0.1, -0.05) is 11.6 Å². The van der Waals surface area contributed by atoms with Crippen LogP contribution in [0.1, 0.15) is 34.5 Å². The monoisotopic (exact) mass is 479 g/mol. The number of rotatable bonds is 6. The van der Waals surface area contributed by atoms with E-state index in [1.165, 1.54) is 31.0 Å². The standard InChI is InChI=1S/C26H23ClFN3O3/c27-22-6-3-16(25(32)29-9-12-31-10-1-2-11-31)13-21(22)24-8-5-18(34-24)15-20-19-14-17(28)4-7-23(19)30-26(20)33/h3-8,13-15H,1-2,9-12H2,(H,29,32)(H,30,33). The van der Waals surface area contributed by atoms with E-state index in [-0.39, 0.29) is 11.8 Å². The number of furan rings is 1. The van der Waals surface area contributed by atoms with Crippen molar-refractivity contribution < 1.29 is 18.4 Å². The van der Waals surface area contributed by atoms with Gasteiger partial charge in [0, 0.05) is 35.5 Å². The average molecular weight is 480 g/mol. The number of nitrogens with zero attached hydrogens (tertiary/aromatic N) is 1. The van der Waals surface area contributed by atoms with Gasteiger partial charge in [0.1, 0.15) is 17.3 Å². The summed E-state index contributed by atoms with van der Waals surface area (Å²) in [5.41, 5.74) is 2.40. The van der Waals surface area contributed by atoms with Gasteiger partial charge in [0.2, 0.25) is 0 Å². The quantitative estimate of drug-likeness (QED) is 0.485. The van der Waals surface area contributed by atoms with Crippen LogP contribution in [0, 0.1) is 5.82 Å². The minimum absolute atomic E-state index is 0.174. The number of amides is 2. The second-order valence-corrected chi connectivity index (χ2v) is 8.81. The zero-order valence-corrected chi connectivity index (χ0v) is 19.1. The van der Waals surface area contributed by atoms with E-state index < -0.39 is 5.82 Å². The lowest BCUT2D eigenvalue weighted by Crippen LogP contribution is -2.33. The molecule has 3 aromatic rings. The predicted molar refractivity (Wildman–Crippen MR) is 130 cm³/mol. The number of nitrogens with one attached hydrogen (secondary N) is 2. The molecule has 2 N–H and O–H groups in total. The van der Waals surface area contributed by atoms with Gasteiger partial charge in [0.05, 0.1) is 10.6 Å². The summed E-state index contributed by atoms with van der Waals surface area (Å²) in [7, 11) is 0. The van der Waals surface area contributed by atoms with Gasteiger partial charge in [-0.05, 0) is 80.5 Å². The van der Waals surface area contributed by atoms with Crippen LogP contribution in [0.4, 0.5) is 10.1 Å². The zero-order valence-electron chi connectivity index (χ0n) is 18.4. The fourth-order valence-corrected chi connectivity index (χ4v) is 4.52. The Labute approximate surface area is 201 Å². The van der Waals surface area contributed by atoms with Crippen LogP contribution in [0.15, 0.2) is 52.9 Å². The molecule has 2 aromatic carbocycles. The summed E-state index contributed by atoms with van der Waals surface area (Å²) in [6.45, 7) is 3.59. The summed E-state index contributed by atoms with van der Waals surface area (Å²) in [4.78, 5) is 27.3. The molecule has 1 aromatic heterocycles. The average Bonchev–Trinajstić information content (AvgIpc) is 3.56. The van der Waals surface area contributed by atoms with Gasteiger partial charge < -0.3 is 20.0 Å². The number of carbonyl (C=O) groups is 2. The Balaban J connectivity index is 1.34. The maximum Gasteiger partial charge on any atom is 0.256 e. The summed E-state index contributed by atoms with van der Waals surface area (Å²) in [5.74, 6) is -0.0599. The third kappa shape index (κ3) is 4.62. The fraction of sp³-hybridized carbons (Fsp3) is 0.231. The fourth-order valence-electron chi connectivity index (χ4n) is 4.31. The van der Waals surface area contributed by atoms with E-state index in [1.54, 1.807) is 36.4 Å². The zero-order chi connectivity index (χ0) is 23.7. The van der Waals surface area contributed by atoms with Crippen molar-refractivity contribution in [2.24, 2.45) is 0 Å². The molecule has 0 radical (unpaired) electrons. The SMILES string of the molecule is O=C1Nc2ccc(F)cc2C1=Cc1ccc(-c2cc(C(=O)NCCN3CCCC3)ccc2Cl)o1. The number of benzene rings is 2. The van der Waals surface area contributed by atoms with Gasteiger partial charge in [-0.3, -0.25) is 9.59 Å². The van der Waals surface area contributed by atoms with E-state index >= 15 is 0 Å². The first-order valence-electron chi connectivity index (χ1n) is 11.2. The number of anilines is 1. The van der Waals surface area contributed by atoms with Crippen LogP contribution in [0.25, 0.3) is 23.0 Å². The molecule has 3 heterocycles. The van der Waals surface area contributed by atoms with Gasteiger partial charge in [0.15, 0.2) is 0 Å². The smallest absolute Gasteiger partial charge is 0.256 e. The van der Waals surface area contributed by atoms with Gasteiger partial charge >= 0.3 is 0 Å². The second-order valence-electron chi connectivity index (χ2n) is 8.40. The van der Waals surface area contributed by atoms with Crippen molar-refractivity contribution in [2.75, 3.05) is 31.5 Å². The number of likely N-dealkylation sites (tertiary alicyclic amines) is 1. The molecule has 174 valence electrons. The van der Waals surface area contributed by atoms with Crippen LogP contribution in [0.5, 0.6) is 0 Å². The molecule has 0 bridgehead atoms. The van der Waals surface area contributed by atoms with E-state index in [1.807, 2.05) is 0 Å². The Bertz CT molecular complexity index is 1290. The Morgan fingerprint density at radius 1 is 1.12 bits per heavy atom. The van der Waals surface area contributed by atoms with E-state index in [0.717, 1.165) is 19.6 Å². The third-order valence-electron chi connectivity index (χ3n) is 6.08. The molecule has 0 saturated carbocycles. The van der Waals surface area contributed by atoms with Crippen LogP contribution in [-0.2, 0) is 4.79 Å². The van der Waals surface area contributed by atoms with E-state index in [4.69, 9.17) is 16.0 Å². The Morgan fingerprint density at radius 3 is 2.76 bits per heavy atom. The molecular formula is C26H23ClFN3O3. The summed E-state index contributed by atoms with van der Waals surface area (Å²) >= 11 is 6.39. The molecular weight excluding hydrogens is 457 g/mol. The van der Waals surface area contributed by atoms with Crippen LogP contribution in [0.2, 0.25) is 5.02 Å². The van der Waals surface area contributed by atoms with E-state index in [2.05, 4.69) is 15.5 Å². The molecule has 6 nitrogen and oxygen atoms in total. The minimum atomic E-state index is -0.427. The highest BCUT2D eigenvalue weighted by Gasteiger charge is 2.25. The highest BCUT2D eigenvalue weighted by atomic mass is 35.5. The number of fused-ring (bicyclic) bond motifs is 1. The van der Waals surface area contributed by atoms with Crippen molar-refractivity contribution in [3.8, 4) is 11.3 Å². The van der Waals surface area contributed by atoms with Crippen molar-refractivity contribution >= 4 is 40.8 Å². The molecule has 0 spiro atoms. The largest absolute Gasteiger partial charge is 0.457 e. The molecule has 0 aliphatic carbocycles. The molecule has 2 aliphatic heterocycles. The number of carbonyl (C=O) groups excluding carboxylic acids is 2. The van der Waals surface area contributed by atoms with Crippen LogP contribution < -0.4 is 10.6 Å². The third-order valence-corrected chi connectivity index (χ3v) is 6.41. The van der Waals surface area contributed by atoms with Crippen molar-refractivity contribution in [3.05, 3.63) is 76.3 Å². The highest BCUT2D eigenvalue weighted by molar-refractivity contribution is 6.35.